The maximum atomic E-state index is 14.5. The van der Waals surface area contributed by atoms with Crippen molar-refractivity contribution in [1.82, 2.24) is 29.0 Å². The smallest absolute Gasteiger partial charge is 0.352 e. The molecule has 5 aromatic rings. The fourth-order valence-corrected chi connectivity index (χ4v) is 4.39. The van der Waals surface area contributed by atoms with Gasteiger partial charge in [0.25, 0.3) is 0 Å². The van der Waals surface area contributed by atoms with Gasteiger partial charge in [0.15, 0.2) is 5.65 Å². The number of rotatable bonds is 5. The molecular weight excluding hydrogens is 441 g/mol. The lowest BCUT2D eigenvalue weighted by Gasteiger charge is -2.13. The number of anilines is 1. The molecule has 0 amide bonds. The van der Waals surface area contributed by atoms with Crippen LogP contribution in [0.2, 0.25) is 0 Å². The lowest BCUT2D eigenvalue weighted by molar-refractivity contribution is 0.0689. The van der Waals surface area contributed by atoms with Gasteiger partial charge in [-0.3, -0.25) is 8.80 Å². The van der Waals surface area contributed by atoms with Crippen LogP contribution in [0.25, 0.3) is 22.4 Å². The Hall–Kier alpha value is -4.54. The van der Waals surface area contributed by atoms with Crippen molar-refractivity contribution in [3.8, 4) is 16.9 Å². The van der Waals surface area contributed by atoms with Crippen LogP contribution in [0.15, 0.2) is 43.0 Å². The van der Waals surface area contributed by atoms with Crippen molar-refractivity contribution in [2.75, 3.05) is 11.9 Å². The van der Waals surface area contributed by atoms with Crippen LogP contribution < -0.4 is 10.1 Å². The molecular formula is C23H18FN7O3. The minimum Gasteiger partial charge on any atom is -0.493 e. The van der Waals surface area contributed by atoms with Crippen LogP contribution in [0.5, 0.6) is 5.75 Å². The number of halogens is 1. The van der Waals surface area contributed by atoms with Gasteiger partial charge in [0, 0.05) is 47.6 Å². The number of imidazole rings is 1. The number of pyridine rings is 1. The van der Waals surface area contributed by atoms with Gasteiger partial charge in [-0.25, -0.2) is 19.2 Å². The molecule has 4 aromatic heterocycles. The highest BCUT2D eigenvalue weighted by molar-refractivity contribution is 5.92. The first-order valence-corrected chi connectivity index (χ1v) is 10.6. The van der Waals surface area contributed by atoms with Crippen LogP contribution in [0, 0.1) is 12.7 Å². The molecule has 1 aromatic carbocycles. The van der Waals surface area contributed by atoms with Crippen molar-refractivity contribution >= 4 is 23.2 Å². The molecule has 0 fully saturated rings. The van der Waals surface area contributed by atoms with E-state index in [1.54, 1.807) is 35.9 Å². The summed E-state index contributed by atoms with van der Waals surface area (Å²) in [5.41, 5.74) is 4.47. The molecule has 11 heteroatoms. The molecule has 0 radical (unpaired) electrons. The second-order valence-electron chi connectivity index (χ2n) is 7.99. The Morgan fingerprint density at radius 3 is 2.94 bits per heavy atom. The predicted molar refractivity (Wildman–Crippen MR) is 120 cm³/mol. The number of ether oxygens (including phenoxy) is 1. The molecule has 1 aliphatic rings. The van der Waals surface area contributed by atoms with Gasteiger partial charge in [-0.05, 0) is 31.2 Å². The third kappa shape index (κ3) is 3.04. The van der Waals surface area contributed by atoms with Gasteiger partial charge >= 0.3 is 5.97 Å². The molecule has 34 heavy (non-hydrogen) atoms. The first-order valence-electron chi connectivity index (χ1n) is 10.6. The third-order valence-electron chi connectivity index (χ3n) is 5.94. The standard InChI is InChI=1S/C23H18FN7O3/c1-12-10-30-18(22(32)33)4-2-14(20(30)28-12)16-9-26-23(31-11-27-29-21(16)31)25-8-15-13-6-7-34-19(13)5-3-17(15)24/h2-5,9-11H,6-8H2,1H3,(H,25,26)(H,32,33). The summed E-state index contributed by atoms with van der Waals surface area (Å²) in [7, 11) is 0. The maximum absolute atomic E-state index is 14.5. The molecule has 0 saturated carbocycles. The number of benzene rings is 1. The van der Waals surface area contributed by atoms with E-state index in [1.807, 2.05) is 0 Å². The van der Waals surface area contributed by atoms with Gasteiger partial charge in [-0.1, -0.05) is 0 Å². The van der Waals surface area contributed by atoms with Crippen LogP contribution in [0.3, 0.4) is 0 Å². The van der Waals surface area contributed by atoms with Gasteiger partial charge < -0.3 is 15.2 Å². The number of aromatic carboxylic acids is 1. The number of nitrogens with one attached hydrogen (secondary N) is 1. The Labute approximate surface area is 191 Å². The van der Waals surface area contributed by atoms with Gasteiger partial charge in [-0.15, -0.1) is 10.2 Å². The highest BCUT2D eigenvalue weighted by atomic mass is 19.1. The van der Waals surface area contributed by atoms with Gasteiger partial charge in [-0.2, -0.15) is 0 Å². The number of fused-ring (bicyclic) bond motifs is 3. The fourth-order valence-electron chi connectivity index (χ4n) is 4.39. The van der Waals surface area contributed by atoms with E-state index in [1.165, 1.54) is 22.9 Å². The van der Waals surface area contributed by atoms with Crippen LogP contribution in [-0.2, 0) is 13.0 Å². The van der Waals surface area contributed by atoms with E-state index in [4.69, 9.17) is 4.74 Å². The molecule has 0 bridgehead atoms. The van der Waals surface area contributed by atoms with E-state index in [0.717, 1.165) is 5.56 Å². The maximum Gasteiger partial charge on any atom is 0.352 e. The number of aryl methyl sites for hydroxylation is 1. The molecule has 10 nitrogen and oxygen atoms in total. The summed E-state index contributed by atoms with van der Waals surface area (Å²) in [5.74, 6) is -0.203. The number of carbonyl (C=O) groups is 1. The van der Waals surface area contributed by atoms with Crippen molar-refractivity contribution in [1.29, 1.82) is 0 Å². The Morgan fingerprint density at radius 1 is 1.21 bits per heavy atom. The third-order valence-corrected chi connectivity index (χ3v) is 5.94. The van der Waals surface area contributed by atoms with Crippen molar-refractivity contribution < 1.29 is 19.0 Å². The molecule has 0 atom stereocenters. The van der Waals surface area contributed by atoms with Crippen molar-refractivity contribution in [2.45, 2.75) is 19.9 Å². The van der Waals surface area contributed by atoms with Crippen molar-refractivity contribution in [2.24, 2.45) is 0 Å². The van der Waals surface area contributed by atoms with E-state index < -0.39 is 5.97 Å². The molecule has 5 heterocycles. The Morgan fingerprint density at radius 2 is 2.09 bits per heavy atom. The number of nitrogens with zero attached hydrogens (tertiary/aromatic N) is 6. The first-order chi connectivity index (χ1) is 16.5. The zero-order chi connectivity index (χ0) is 23.4. The summed E-state index contributed by atoms with van der Waals surface area (Å²) >= 11 is 0. The average Bonchev–Trinajstić information content (AvgIpc) is 3.56. The summed E-state index contributed by atoms with van der Waals surface area (Å²) in [6, 6.07) is 6.27. The van der Waals surface area contributed by atoms with Crippen LogP contribution in [0.1, 0.15) is 27.3 Å². The minimum absolute atomic E-state index is 0.101. The summed E-state index contributed by atoms with van der Waals surface area (Å²) < 4.78 is 23.3. The van der Waals surface area contributed by atoms with Crippen LogP contribution >= 0.6 is 0 Å². The van der Waals surface area contributed by atoms with Gasteiger partial charge in [0.2, 0.25) is 5.95 Å². The number of carboxylic acid groups (broad SMARTS) is 1. The predicted octanol–water partition coefficient (Wildman–Crippen LogP) is 3.13. The lowest BCUT2D eigenvalue weighted by Crippen LogP contribution is -2.10. The molecule has 0 saturated heterocycles. The second-order valence-corrected chi connectivity index (χ2v) is 7.99. The van der Waals surface area contributed by atoms with Crippen LogP contribution in [0.4, 0.5) is 10.3 Å². The minimum atomic E-state index is -1.05. The molecule has 6 rings (SSSR count). The Balaban J connectivity index is 1.41. The Bertz CT molecular complexity index is 1610. The number of hydrogen-bond acceptors (Lipinski definition) is 7. The van der Waals surface area contributed by atoms with E-state index >= 15 is 0 Å². The van der Waals surface area contributed by atoms with Crippen LogP contribution in [-0.4, -0.2) is 46.6 Å². The normalized spacial score (nSPS) is 12.8. The topological polar surface area (TPSA) is 119 Å². The zero-order valence-electron chi connectivity index (χ0n) is 18.0. The monoisotopic (exact) mass is 459 g/mol. The summed E-state index contributed by atoms with van der Waals surface area (Å²) in [6.45, 7) is 2.55. The second kappa shape index (κ2) is 7.51. The highest BCUT2D eigenvalue weighted by Crippen LogP contribution is 2.32. The van der Waals surface area contributed by atoms with E-state index in [0.29, 0.717) is 58.4 Å². The number of carboxylic acids is 1. The molecule has 1 aliphatic heterocycles. The number of hydrogen-bond donors (Lipinski definition) is 2. The summed E-state index contributed by atoms with van der Waals surface area (Å²) in [4.78, 5) is 20.7. The molecule has 0 aliphatic carbocycles. The van der Waals surface area contributed by atoms with Gasteiger partial charge in [0.1, 0.15) is 29.2 Å². The summed E-state index contributed by atoms with van der Waals surface area (Å²) in [5, 5.41) is 21.0. The fraction of sp³-hybridized carbons (Fsp3) is 0.174. The average molecular weight is 459 g/mol. The Kier molecular flexibility index (Phi) is 4.44. The largest absolute Gasteiger partial charge is 0.493 e. The molecule has 2 N–H and O–H groups in total. The molecule has 170 valence electrons. The highest BCUT2D eigenvalue weighted by Gasteiger charge is 2.21. The summed E-state index contributed by atoms with van der Waals surface area (Å²) in [6.07, 6.45) is 5.47. The van der Waals surface area contributed by atoms with Gasteiger partial charge in [0.05, 0.1) is 12.3 Å². The van der Waals surface area contributed by atoms with Crippen molar-refractivity contribution in [3.63, 3.8) is 0 Å². The van der Waals surface area contributed by atoms with E-state index in [9.17, 15) is 14.3 Å². The molecule has 0 spiro atoms. The van der Waals surface area contributed by atoms with E-state index in [2.05, 4.69) is 25.5 Å². The van der Waals surface area contributed by atoms with Crippen molar-refractivity contribution in [3.05, 3.63) is 71.3 Å². The first kappa shape index (κ1) is 20.1. The SMILES string of the molecule is Cc1cn2c(C(=O)O)ccc(-c3cnc(NCc4c(F)ccc5c4CCO5)n4cnnc34)c2n1. The quantitative estimate of drug-likeness (QED) is 0.412. The molecule has 0 unspecified atom stereocenters. The van der Waals surface area contributed by atoms with E-state index in [-0.39, 0.29) is 18.1 Å². The zero-order valence-corrected chi connectivity index (χ0v) is 18.0. The number of aromatic nitrogens is 6. The lowest BCUT2D eigenvalue weighted by atomic mass is 10.0.